The first-order valence-electron chi connectivity index (χ1n) is 16.3. The van der Waals surface area contributed by atoms with E-state index in [1.54, 1.807) is 0 Å². The molecule has 0 aromatic heterocycles. The van der Waals surface area contributed by atoms with Gasteiger partial charge in [-0.3, -0.25) is 0 Å². The summed E-state index contributed by atoms with van der Waals surface area (Å²) < 4.78 is 0. The normalized spacial score (nSPS) is 24.6. The minimum atomic E-state index is -1.77. The van der Waals surface area contributed by atoms with Crippen LogP contribution >= 0.6 is 0 Å². The Morgan fingerprint density at radius 1 is 0.250 bits per heavy atom. The van der Waals surface area contributed by atoms with Crippen LogP contribution in [-0.4, -0.2) is 93.7 Å². The highest BCUT2D eigenvalue weighted by Crippen LogP contribution is 2.61. The van der Waals surface area contributed by atoms with Gasteiger partial charge >= 0.3 is 0 Å². The standard InChI is InChI=1S/C32H64O8/c33-21-29(22-34)19-17-15-13-11-9-7-5-3-1-2-4-6-8-10-12-14-16-18-20-30(23-35,24-36)32(27-39,28-40)31(29,25-37)26-38/h33-40H,1-28H2. The molecule has 1 rings (SSSR count). The molecule has 0 bridgehead atoms. The lowest BCUT2D eigenvalue weighted by Crippen LogP contribution is -2.70. The highest BCUT2D eigenvalue weighted by Gasteiger charge is 2.68. The highest BCUT2D eigenvalue weighted by molar-refractivity contribution is 5.14. The molecule has 0 saturated heterocycles. The van der Waals surface area contributed by atoms with E-state index in [2.05, 4.69) is 0 Å². The van der Waals surface area contributed by atoms with Gasteiger partial charge in [0.15, 0.2) is 0 Å². The molecule has 0 aliphatic heterocycles. The van der Waals surface area contributed by atoms with E-state index in [1.165, 1.54) is 64.2 Å². The molecule has 8 N–H and O–H groups in total. The summed E-state index contributed by atoms with van der Waals surface area (Å²) in [6.45, 7) is -5.31. The maximum Gasteiger partial charge on any atom is 0.0523 e. The Morgan fingerprint density at radius 3 is 0.575 bits per heavy atom. The van der Waals surface area contributed by atoms with Crippen molar-refractivity contribution in [1.29, 1.82) is 0 Å². The SMILES string of the molecule is OCC1(CO)CCCCCCCCCCCCCCCCCCCCC(CO)(CO)C(CO)(CO)C1(CO)CO. The van der Waals surface area contributed by atoms with Crippen LogP contribution < -0.4 is 0 Å². The molecule has 1 aliphatic carbocycles. The van der Waals surface area contributed by atoms with Crippen molar-refractivity contribution in [1.82, 2.24) is 0 Å². The summed E-state index contributed by atoms with van der Waals surface area (Å²) in [5.74, 6) is 0. The highest BCUT2D eigenvalue weighted by atomic mass is 16.3. The van der Waals surface area contributed by atoms with Crippen molar-refractivity contribution in [3.05, 3.63) is 0 Å². The van der Waals surface area contributed by atoms with E-state index in [1.807, 2.05) is 0 Å². The second-order valence-corrected chi connectivity index (χ2v) is 12.9. The quantitative estimate of drug-likeness (QED) is 0.217. The minimum absolute atomic E-state index is 0.260. The van der Waals surface area contributed by atoms with Crippen LogP contribution in [0.4, 0.5) is 0 Å². The van der Waals surface area contributed by atoms with E-state index in [9.17, 15) is 40.9 Å². The number of hydrogen-bond donors (Lipinski definition) is 8. The third-order valence-corrected chi connectivity index (χ3v) is 10.8. The smallest absolute Gasteiger partial charge is 0.0523 e. The molecule has 240 valence electrons. The van der Waals surface area contributed by atoms with Gasteiger partial charge in [0, 0.05) is 21.7 Å². The molecule has 1 fully saturated rings. The van der Waals surface area contributed by atoms with Crippen LogP contribution in [0.2, 0.25) is 0 Å². The Hall–Kier alpha value is -0.320. The molecule has 0 aromatic carbocycles. The van der Waals surface area contributed by atoms with Gasteiger partial charge in [-0.25, -0.2) is 0 Å². The van der Waals surface area contributed by atoms with Crippen molar-refractivity contribution >= 4 is 0 Å². The van der Waals surface area contributed by atoms with E-state index in [-0.39, 0.29) is 12.8 Å². The van der Waals surface area contributed by atoms with Crippen LogP contribution in [0.1, 0.15) is 128 Å². The molecule has 0 amide bonds. The average Bonchev–Trinajstić information content (AvgIpc) is 2.99. The second kappa shape index (κ2) is 20.6. The predicted molar refractivity (Wildman–Crippen MR) is 159 cm³/mol. The Kier molecular flexibility index (Phi) is 19.4. The van der Waals surface area contributed by atoms with Gasteiger partial charge in [0.05, 0.1) is 52.9 Å². The number of aliphatic hydroxyl groups is 8. The fourth-order valence-corrected chi connectivity index (χ4v) is 7.65. The zero-order valence-corrected chi connectivity index (χ0v) is 25.4. The van der Waals surface area contributed by atoms with E-state index in [0.717, 1.165) is 38.5 Å². The molecule has 0 radical (unpaired) electrons. The van der Waals surface area contributed by atoms with Gasteiger partial charge in [0.1, 0.15) is 0 Å². The average molecular weight is 577 g/mol. The number of rotatable bonds is 8. The maximum absolute atomic E-state index is 10.9. The second-order valence-electron chi connectivity index (χ2n) is 12.9. The van der Waals surface area contributed by atoms with Gasteiger partial charge in [0.2, 0.25) is 0 Å². The molecule has 40 heavy (non-hydrogen) atoms. The van der Waals surface area contributed by atoms with Crippen molar-refractivity contribution < 1.29 is 40.9 Å². The largest absolute Gasteiger partial charge is 0.396 e. The van der Waals surface area contributed by atoms with Gasteiger partial charge in [-0.05, 0) is 12.8 Å². The molecule has 0 unspecified atom stereocenters. The first-order chi connectivity index (χ1) is 19.4. The number of hydrogen-bond acceptors (Lipinski definition) is 8. The lowest BCUT2D eigenvalue weighted by atomic mass is 9.42. The van der Waals surface area contributed by atoms with Crippen LogP contribution in [0.5, 0.6) is 0 Å². The zero-order valence-electron chi connectivity index (χ0n) is 25.4. The van der Waals surface area contributed by atoms with E-state index in [0.29, 0.717) is 12.8 Å². The minimum Gasteiger partial charge on any atom is -0.396 e. The van der Waals surface area contributed by atoms with Crippen molar-refractivity contribution in [3.8, 4) is 0 Å². The van der Waals surface area contributed by atoms with Gasteiger partial charge < -0.3 is 40.9 Å². The lowest BCUT2D eigenvalue weighted by molar-refractivity contribution is -0.268. The molecule has 8 nitrogen and oxygen atoms in total. The van der Waals surface area contributed by atoms with E-state index >= 15 is 0 Å². The summed E-state index contributed by atoms with van der Waals surface area (Å²) in [7, 11) is 0. The van der Waals surface area contributed by atoms with Gasteiger partial charge in [-0.1, -0.05) is 116 Å². The van der Waals surface area contributed by atoms with Crippen LogP contribution in [0.3, 0.4) is 0 Å². The van der Waals surface area contributed by atoms with Crippen LogP contribution in [0, 0.1) is 21.7 Å². The fraction of sp³-hybridized carbons (Fsp3) is 1.00. The van der Waals surface area contributed by atoms with Crippen LogP contribution in [-0.2, 0) is 0 Å². The van der Waals surface area contributed by atoms with Crippen molar-refractivity contribution in [2.24, 2.45) is 21.7 Å². The summed E-state index contributed by atoms with van der Waals surface area (Å²) in [6, 6.07) is 0. The van der Waals surface area contributed by atoms with Gasteiger partial charge in [0.25, 0.3) is 0 Å². The molecular formula is C32H64O8. The summed E-state index contributed by atoms with van der Waals surface area (Å²) in [6.07, 6.45) is 20.3. The van der Waals surface area contributed by atoms with Crippen molar-refractivity contribution in [2.45, 2.75) is 128 Å². The first kappa shape index (κ1) is 37.7. The van der Waals surface area contributed by atoms with Crippen LogP contribution in [0.15, 0.2) is 0 Å². The summed E-state index contributed by atoms with van der Waals surface area (Å²) in [5.41, 5.74) is -6.45. The molecule has 0 spiro atoms. The molecule has 0 heterocycles. The first-order valence-corrected chi connectivity index (χ1v) is 16.3. The topological polar surface area (TPSA) is 162 Å². The van der Waals surface area contributed by atoms with Gasteiger partial charge in [-0.2, -0.15) is 0 Å². The molecule has 1 aliphatic rings. The zero-order chi connectivity index (χ0) is 29.8. The molecule has 1 saturated carbocycles. The number of aliphatic hydroxyl groups excluding tert-OH is 8. The third kappa shape index (κ3) is 8.85. The molecule has 0 aromatic rings. The van der Waals surface area contributed by atoms with Crippen LogP contribution in [0.25, 0.3) is 0 Å². The third-order valence-electron chi connectivity index (χ3n) is 10.8. The molecular weight excluding hydrogens is 512 g/mol. The Morgan fingerprint density at radius 2 is 0.425 bits per heavy atom. The van der Waals surface area contributed by atoms with Gasteiger partial charge in [-0.15, -0.1) is 0 Å². The monoisotopic (exact) mass is 576 g/mol. The van der Waals surface area contributed by atoms with Crippen molar-refractivity contribution in [2.75, 3.05) is 52.9 Å². The van der Waals surface area contributed by atoms with E-state index < -0.39 is 74.5 Å². The summed E-state index contributed by atoms with van der Waals surface area (Å²) >= 11 is 0. The van der Waals surface area contributed by atoms with Crippen molar-refractivity contribution in [3.63, 3.8) is 0 Å². The fourth-order valence-electron chi connectivity index (χ4n) is 7.65. The Labute approximate surface area is 243 Å². The predicted octanol–water partition coefficient (Wildman–Crippen LogP) is 3.69. The lowest BCUT2D eigenvalue weighted by Gasteiger charge is -2.63. The Bertz CT molecular complexity index is 546. The molecule has 0 atom stereocenters. The summed E-state index contributed by atoms with van der Waals surface area (Å²) in [4.78, 5) is 0. The molecule has 8 heteroatoms. The van der Waals surface area contributed by atoms with E-state index in [4.69, 9.17) is 0 Å². The summed E-state index contributed by atoms with van der Waals surface area (Å²) in [5, 5.41) is 86.5. The maximum atomic E-state index is 10.9. The Balaban J connectivity index is 3.34.